The van der Waals surface area contributed by atoms with Crippen molar-refractivity contribution < 1.29 is 31.9 Å². The molecule has 0 atom stereocenters. The van der Waals surface area contributed by atoms with Crippen LogP contribution in [0.15, 0.2) is 30.6 Å². The fourth-order valence-electron chi connectivity index (χ4n) is 2.12. The van der Waals surface area contributed by atoms with Gasteiger partial charge in [-0.2, -0.15) is 13.9 Å². The number of primary amides is 1. The second-order valence-electron chi connectivity index (χ2n) is 5.11. The highest BCUT2D eigenvalue weighted by Gasteiger charge is 2.25. The van der Waals surface area contributed by atoms with Crippen LogP contribution in [0, 0.1) is 11.6 Å². The SMILES string of the molecule is NC(=O)Oc1sc(-c2c(F)cccc2F)nc1C(=O)Nc1cnn(C(F)F)c1. The van der Waals surface area contributed by atoms with E-state index in [1.807, 2.05) is 0 Å². The number of halogens is 4. The molecule has 2 amide bonds. The molecule has 3 rings (SSSR count). The van der Waals surface area contributed by atoms with Gasteiger partial charge in [0.25, 0.3) is 5.91 Å². The molecule has 2 heterocycles. The number of carbonyl (C=O) groups is 2. The molecule has 1 aromatic carbocycles. The van der Waals surface area contributed by atoms with E-state index in [4.69, 9.17) is 5.73 Å². The lowest BCUT2D eigenvalue weighted by atomic mass is 10.2. The summed E-state index contributed by atoms with van der Waals surface area (Å²) in [7, 11) is 0. The smallest absolute Gasteiger partial charge is 0.397 e. The summed E-state index contributed by atoms with van der Waals surface area (Å²) in [6, 6.07) is 3.09. The summed E-state index contributed by atoms with van der Waals surface area (Å²) in [4.78, 5) is 27.3. The summed E-state index contributed by atoms with van der Waals surface area (Å²) >= 11 is 0.502. The number of nitrogens with two attached hydrogens (primary N) is 1. The van der Waals surface area contributed by atoms with Crippen LogP contribution in [0.2, 0.25) is 0 Å². The molecular formula is C15H9F4N5O3S. The maximum atomic E-state index is 14.0. The van der Waals surface area contributed by atoms with Gasteiger partial charge in [0.05, 0.1) is 23.6 Å². The second kappa shape index (κ2) is 7.64. The lowest BCUT2D eigenvalue weighted by molar-refractivity contribution is 0.0566. The highest BCUT2D eigenvalue weighted by Crippen LogP contribution is 2.37. The maximum absolute atomic E-state index is 14.0. The minimum absolute atomic E-state index is 0.109. The van der Waals surface area contributed by atoms with Crippen molar-refractivity contribution in [1.29, 1.82) is 0 Å². The summed E-state index contributed by atoms with van der Waals surface area (Å²) in [5, 5.41) is 4.83. The molecule has 0 aliphatic carbocycles. The third kappa shape index (κ3) is 3.93. The number of ether oxygens (including phenoxy) is 1. The number of alkyl halides is 2. The summed E-state index contributed by atoms with van der Waals surface area (Å²) < 4.78 is 58.0. The molecule has 0 bridgehead atoms. The van der Waals surface area contributed by atoms with E-state index in [1.165, 1.54) is 0 Å². The average molecular weight is 415 g/mol. The van der Waals surface area contributed by atoms with E-state index in [9.17, 15) is 27.2 Å². The summed E-state index contributed by atoms with van der Waals surface area (Å²) in [5.41, 5.74) is 3.76. The van der Waals surface area contributed by atoms with E-state index >= 15 is 0 Å². The monoisotopic (exact) mass is 415 g/mol. The number of rotatable bonds is 5. The molecule has 28 heavy (non-hydrogen) atoms. The van der Waals surface area contributed by atoms with E-state index in [2.05, 4.69) is 20.1 Å². The Morgan fingerprint density at radius 1 is 1.25 bits per heavy atom. The first kappa shape index (κ1) is 19.3. The number of nitrogens with one attached hydrogen (secondary N) is 1. The zero-order valence-electron chi connectivity index (χ0n) is 13.5. The van der Waals surface area contributed by atoms with Crippen LogP contribution in [-0.4, -0.2) is 26.8 Å². The normalized spacial score (nSPS) is 10.9. The van der Waals surface area contributed by atoms with Gasteiger partial charge < -0.3 is 15.8 Å². The molecule has 0 aliphatic heterocycles. The molecule has 0 spiro atoms. The fourth-order valence-corrected chi connectivity index (χ4v) is 3.09. The van der Waals surface area contributed by atoms with Crippen molar-refractivity contribution in [2.75, 3.05) is 5.32 Å². The zero-order chi connectivity index (χ0) is 20.4. The van der Waals surface area contributed by atoms with Crippen molar-refractivity contribution >= 4 is 29.0 Å². The van der Waals surface area contributed by atoms with Crippen LogP contribution in [0.4, 0.5) is 28.0 Å². The van der Waals surface area contributed by atoms with Gasteiger partial charge in [0.1, 0.15) is 16.6 Å². The molecule has 0 saturated carbocycles. The van der Waals surface area contributed by atoms with Crippen LogP contribution >= 0.6 is 11.3 Å². The maximum Gasteiger partial charge on any atom is 0.410 e. The van der Waals surface area contributed by atoms with Crippen molar-refractivity contribution in [3.05, 3.63) is 47.9 Å². The number of anilines is 1. The van der Waals surface area contributed by atoms with Gasteiger partial charge in [0, 0.05) is 0 Å². The number of nitrogens with zero attached hydrogens (tertiary/aromatic N) is 3. The van der Waals surface area contributed by atoms with Gasteiger partial charge in [0.2, 0.25) is 5.06 Å². The average Bonchev–Trinajstić information content (AvgIpc) is 3.21. The van der Waals surface area contributed by atoms with Crippen LogP contribution in [0.3, 0.4) is 0 Å². The highest BCUT2D eigenvalue weighted by atomic mass is 32.1. The number of carbonyl (C=O) groups excluding carboxylic acids is 2. The molecule has 2 aromatic heterocycles. The van der Waals surface area contributed by atoms with Gasteiger partial charge in [-0.05, 0) is 12.1 Å². The second-order valence-corrected chi connectivity index (χ2v) is 6.08. The molecular weight excluding hydrogens is 406 g/mol. The van der Waals surface area contributed by atoms with Crippen molar-refractivity contribution in [2.24, 2.45) is 5.73 Å². The van der Waals surface area contributed by atoms with Gasteiger partial charge in [-0.3, -0.25) is 4.79 Å². The molecule has 8 nitrogen and oxygen atoms in total. The molecule has 146 valence electrons. The van der Waals surface area contributed by atoms with Gasteiger partial charge in [-0.25, -0.2) is 23.2 Å². The Balaban J connectivity index is 1.97. The molecule has 0 fully saturated rings. The largest absolute Gasteiger partial charge is 0.410 e. The first-order chi connectivity index (χ1) is 13.3. The van der Waals surface area contributed by atoms with E-state index in [1.54, 1.807) is 0 Å². The molecule has 0 radical (unpaired) electrons. The third-order valence-corrected chi connectivity index (χ3v) is 4.19. The molecule has 0 unspecified atom stereocenters. The molecule has 0 aliphatic rings. The first-order valence-electron chi connectivity index (χ1n) is 7.32. The van der Waals surface area contributed by atoms with Crippen molar-refractivity contribution in [3.8, 4) is 15.6 Å². The summed E-state index contributed by atoms with van der Waals surface area (Å²) in [6.45, 7) is -2.92. The quantitative estimate of drug-likeness (QED) is 0.621. The Labute approximate surface area is 157 Å². The molecule has 0 saturated heterocycles. The van der Waals surface area contributed by atoms with E-state index in [0.29, 0.717) is 11.3 Å². The topological polar surface area (TPSA) is 112 Å². The van der Waals surface area contributed by atoms with Gasteiger partial charge in [0.15, 0.2) is 5.69 Å². The summed E-state index contributed by atoms with van der Waals surface area (Å²) in [5.74, 6) is -2.90. The lowest BCUT2D eigenvalue weighted by Crippen LogP contribution is -2.19. The Kier molecular flexibility index (Phi) is 5.26. The number of benzene rings is 1. The predicted molar refractivity (Wildman–Crippen MR) is 89.1 cm³/mol. The standard InChI is InChI=1S/C15H9F4N5O3S/c16-7-2-1-3-8(17)9(7)12-23-10(13(28-12)27-15(20)26)11(25)22-6-4-21-24(5-6)14(18)19/h1-5,14H,(H2,20,26)(H,22,25). The predicted octanol–water partition coefficient (Wildman–Crippen LogP) is 3.39. The van der Waals surface area contributed by atoms with Crippen molar-refractivity contribution in [3.63, 3.8) is 0 Å². The van der Waals surface area contributed by atoms with E-state index in [-0.39, 0.29) is 15.4 Å². The van der Waals surface area contributed by atoms with Crippen molar-refractivity contribution in [2.45, 2.75) is 6.55 Å². The van der Waals surface area contributed by atoms with Crippen LogP contribution in [0.5, 0.6) is 5.06 Å². The number of amides is 2. The Morgan fingerprint density at radius 3 is 2.50 bits per heavy atom. The Morgan fingerprint density at radius 2 is 1.93 bits per heavy atom. The Bertz CT molecular complexity index is 1030. The minimum Gasteiger partial charge on any atom is -0.397 e. The van der Waals surface area contributed by atoms with E-state index in [0.717, 1.165) is 30.6 Å². The van der Waals surface area contributed by atoms with Crippen molar-refractivity contribution in [1.82, 2.24) is 14.8 Å². The lowest BCUT2D eigenvalue weighted by Gasteiger charge is -2.02. The van der Waals surface area contributed by atoms with Gasteiger partial charge >= 0.3 is 12.6 Å². The van der Waals surface area contributed by atoms with E-state index < -0.39 is 46.5 Å². The van der Waals surface area contributed by atoms with Crippen LogP contribution in [0.25, 0.3) is 10.6 Å². The Hall–Kier alpha value is -3.48. The minimum atomic E-state index is -2.92. The number of hydrogen-bond acceptors (Lipinski definition) is 6. The zero-order valence-corrected chi connectivity index (χ0v) is 14.3. The molecule has 3 aromatic rings. The number of aromatic nitrogens is 3. The van der Waals surface area contributed by atoms with Crippen LogP contribution in [-0.2, 0) is 0 Å². The molecule has 13 heteroatoms. The van der Waals surface area contributed by atoms with Gasteiger partial charge in [-0.15, -0.1) is 0 Å². The number of hydrogen-bond donors (Lipinski definition) is 2. The summed E-state index contributed by atoms with van der Waals surface area (Å²) in [6.07, 6.45) is 0.507. The number of thiazole rings is 1. The van der Waals surface area contributed by atoms with Crippen LogP contribution in [0.1, 0.15) is 17.0 Å². The fraction of sp³-hybridized carbons (Fsp3) is 0.0667. The van der Waals surface area contributed by atoms with Crippen LogP contribution < -0.4 is 15.8 Å². The van der Waals surface area contributed by atoms with Gasteiger partial charge in [-0.1, -0.05) is 17.4 Å². The molecule has 3 N–H and O–H groups in total. The first-order valence-corrected chi connectivity index (χ1v) is 8.14. The third-order valence-electron chi connectivity index (χ3n) is 3.24. The highest BCUT2D eigenvalue weighted by molar-refractivity contribution is 7.17.